The predicted molar refractivity (Wildman–Crippen MR) is 168 cm³/mol. The van der Waals surface area contributed by atoms with Crippen molar-refractivity contribution in [1.29, 1.82) is 0 Å². The van der Waals surface area contributed by atoms with Gasteiger partial charge in [-0.3, -0.25) is 18.9 Å². The van der Waals surface area contributed by atoms with Crippen molar-refractivity contribution in [2.75, 3.05) is 10.2 Å². The van der Waals surface area contributed by atoms with Crippen LogP contribution < -0.4 is 10.2 Å². The summed E-state index contributed by atoms with van der Waals surface area (Å²) in [6, 6.07) is 31.0. The van der Waals surface area contributed by atoms with Gasteiger partial charge >= 0.3 is 0 Å². The summed E-state index contributed by atoms with van der Waals surface area (Å²) in [6.07, 6.45) is 2.43. The number of hydrogen-bond acceptors (Lipinski definition) is 4. The normalized spacial score (nSPS) is 12.0. The first-order valence-corrected chi connectivity index (χ1v) is 14.4. The van der Waals surface area contributed by atoms with Crippen molar-refractivity contribution in [2.45, 2.75) is 33.2 Å². The van der Waals surface area contributed by atoms with Crippen LogP contribution in [0.5, 0.6) is 0 Å². The number of nitrogens with zero attached hydrogens (tertiary/aromatic N) is 3. The minimum absolute atomic E-state index is 0.186. The molecule has 41 heavy (non-hydrogen) atoms. The third kappa shape index (κ3) is 5.49. The van der Waals surface area contributed by atoms with Gasteiger partial charge in [-0.1, -0.05) is 72.0 Å². The van der Waals surface area contributed by atoms with Gasteiger partial charge in [0, 0.05) is 36.5 Å². The van der Waals surface area contributed by atoms with Gasteiger partial charge in [-0.25, -0.2) is 4.98 Å². The highest BCUT2D eigenvalue weighted by Gasteiger charge is 2.30. The number of para-hydroxylation sites is 1. The van der Waals surface area contributed by atoms with Crippen LogP contribution in [0.15, 0.2) is 103 Å². The van der Waals surface area contributed by atoms with Crippen molar-refractivity contribution in [3.8, 4) is 11.3 Å². The highest BCUT2D eigenvalue weighted by molar-refractivity contribution is 7.23. The van der Waals surface area contributed by atoms with Gasteiger partial charge in [0.25, 0.3) is 0 Å². The molecule has 0 radical (unpaired) electrons. The zero-order valence-electron chi connectivity index (χ0n) is 23.2. The van der Waals surface area contributed by atoms with Crippen LogP contribution in [0.25, 0.3) is 26.4 Å². The summed E-state index contributed by atoms with van der Waals surface area (Å²) < 4.78 is 3.31. The molecule has 0 saturated carbocycles. The van der Waals surface area contributed by atoms with Crippen LogP contribution >= 0.6 is 11.3 Å². The Balaban J connectivity index is 1.28. The molecule has 1 unspecified atom stereocenters. The van der Waals surface area contributed by atoms with E-state index in [0.29, 0.717) is 17.8 Å². The molecular formula is C34H30N4O2S. The number of carbonyl (C=O) groups is 2. The minimum atomic E-state index is -0.732. The summed E-state index contributed by atoms with van der Waals surface area (Å²) in [5.41, 5.74) is 7.40. The number of thiazole rings is 1. The maximum absolute atomic E-state index is 13.8. The van der Waals surface area contributed by atoms with E-state index in [4.69, 9.17) is 4.98 Å². The number of benzene rings is 4. The molecule has 1 atom stereocenters. The van der Waals surface area contributed by atoms with Crippen LogP contribution in [-0.2, 0) is 16.0 Å². The summed E-state index contributed by atoms with van der Waals surface area (Å²) >= 11 is 1.66. The molecule has 0 aliphatic heterocycles. The predicted octanol–water partition coefficient (Wildman–Crippen LogP) is 7.44. The average Bonchev–Trinajstić information content (AvgIpc) is 3.51. The molecule has 6 nitrogen and oxygen atoms in total. The van der Waals surface area contributed by atoms with E-state index >= 15 is 0 Å². The summed E-state index contributed by atoms with van der Waals surface area (Å²) in [7, 11) is 0. The molecule has 6 aromatic rings. The summed E-state index contributed by atoms with van der Waals surface area (Å²) in [4.78, 5) is 34.3. The van der Waals surface area contributed by atoms with Gasteiger partial charge in [0.1, 0.15) is 6.04 Å². The van der Waals surface area contributed by atoms with Crippen molar-refractivity contribution in [3.05, 3.63) is 120 Å². The van der Waals surface area contributed by atoms with Crippen LogP contribution in [0.1, 0.15) is 23.6 Å². The fourth-order valence-corrected chi connectivity index (χ4v) is 6.35. The molecule has 0 saturated heterocycles. The van der Waals surface area contributed by atoms with Gasteiger partial charge in [-0.15, -0.1) is 0 Å². The number of aromatic nitrogens is 2. The summed E-state index contributed by atoms with van der Waals surface area (Å²) in [5.74, 6) is -0.432. The quantitative estimate of drug-likeness (QED) is 0.222. The number of anilines is 2. The lowest BCUT2D eigenvalue weighted by molar-refractivity contribution is -0.122. The summed E-state index contributed by atoms with van der Waals surface area (Å²) in [6.45, 7) is 5.50. The number of carbonyl (C=O) groups excluding carboxylic acids is 2. The van der Waals surface area contributed by atoms with Crippen LogP contribution in [0, 0.1) is 13.8 Å². The molecule has 0 spiro atoms. The van der Waals surface area contributed by atoms with Crippen molar-refractivity contribution < 1.29 is 9.59 Å². The number of hydrogen-bond donors (Lipinski definition) is 1. The molecule has 0 aliphatic rings. The molecule has 0 aliphatic carbocycles. The Morgan fingerprint density at radius 2 is 1.59 bits per heavy atom. The van der Waals surface area contributed by atoms with Gasteiger partial charge < -0.3 is 5.32 Å². The first kappa shape index (κ1) is 26.5. The third-order valence-corrected chi connectivity index (χ3v) is 8.19. The molecule has 2 amide bonds. The Labute approximate surface area is 242 Å². The Kier molecular flexibility index (Phi) is 7.12. The number of aryl methyl sites for hydroxylation is 2. The standard InChI is InChI=1S/C34H30N4O2S/c1-22-17-23(2)19-28(18-22)38(24(3)39)31(20-25-9-5-4-6-10-25)33(40)35-27-15-13-26(14-16-27)29-21-37-30-11-7-8-12-32(30)41-34(37)36-29/h4-19,21,31H,20H2,1-3H3,(H,35,40). The minimum Gasteiger partial charge on any atom is -0.324 e. The van der Waals surface area contributed by atoms with E-state index in [1.165, 1.54) is 11.6 Å². The van der Waals surface area contributed by atoms with Gasteiger partial charge in [0.15, 0.2) is 4.96 Å². The lowest BCUT2D eigenvalue weighted by Gasteiger charge is -2.31. The molecule has 2 heterocycles. The molecule has 0 fully saturated rings. The Hall–Kier alpha value is -4.75. The molecule has 2 aromatic heterocycles. The maximum Gasteiger partial charge on any atom is 0.247 e. The lowest BCUT2D eigenvalue weighted by atomic mass is 10.0. The lowest BCUT2D eigenvalue weighted by Crippen LogP contribution is -2.48. The third-order valence-electron chi connectivity index (χ3n) is 7.16. The second kappa shape index (κ2) is 11.0. The molecule has 0 bridgehead atoms. The topological polar surface area (TPSA) is 66.7 Å². The molecule has 1 N–H and O–H groups in total. The van der Waals surface area contributed by atoms with Crippen LogP contribution in [0.3, 0.4) is 0 Å². The van der Waals surface area contributed by atoms with E-state index in [0.717, 1.165) is 38.4 Å². The monoisotopic (exact) mass is 558 g/mol. The van der Waals surface area contributed by atoms with Crippen molar-refractivity contribution in [1.82, 2.24) is 9.38 Å². The largest absolute Gasteiger partial charge is 0.324 e. The maximum atomic E-state index is 13.8. The Bertz CT molecular complexity index is 1850. The first-order chi connectivity index (χ1) is 19.9. The van der Waals surface area contributed by atoms with E-state index in [-0.39, 0.29) is 11.8 Å². The van der Waals surface area contributed by atoms with Gasteiger partial charge in [-0.05, 0) is 66.9 Å². The van der Waals surface area contributed by atoms with E-state index in [1.54, 1.807) is 16.2 Å². The molecule has 4 aromatic carbocycles. The smallest absolute Gasteiger partial charge is 0.247 e. The number of fused-ring (bicyclic) bond motifs is 3. The molecule has 204 valence electrons. The summed E-state index contributed by atoms with van der Waals surface area (Å²) in [5, 5.41) is 3.06. The molecule has 7 heteroatoms. The Morgan fingerprint density at radius 1 is 0.902 bits per heavy atom. The van der Waals surface area contributed by atoms with E-state index in [9.17, 15) is 9.59 Å². The second-order valence-electron chi connectivity index (χ2n) is 10.4. The zero-order chi connectivity index (χ0) is 28.5. The van der Waals surface area contributed by atoms with Crippen molar-refractivity contribution in [3.63, 3.8) is 0 Å². The highest BCUT2D eigenvalue weighted by Crippen LogP contribution is 2.30. The van der Waals surface area contributed by atoms with E-state index < -0.39 is 6.04 Å². The van der Waals surface area contributed by atoms with Crippen molar-refractivity contribution in [2.24, 2.45) is 0 Å². The molecule has 6 rings (SSSR count). The zero-order valence-corrected chi connectivity index (χ0v) is 24.0. The van der Waals surface area contributed by atoms with E-state index in [1.807, 2.05) is 98.9 Å². The van der Waals surface area contributed by atoms with Crippen LogP contribution in [-0.4, -0.2) is 27.2 Å². The number of amides is 2. The number of rotatable bonds is 7. The first-order valence-electron chi connectivity index (χ1n) is 13.6. The Morgan fingerprint density at radius 3 is 2.29 bits per heavy atom. The van der Waals surface area contributed by atoms with Crippen LogP contribution in [0.2, 0.25) is 0 Å². The van der Waals surface area contributed by atoms with Gasteiger partial charge in [-0.2, -0.15) is 0 Å². The van der Waals surface area contributed by atoms with Gasteiger partial charge in [0.05, 0.1) is 15.9 Å². The van der Waals surface area contributed by atoms with Gasteiger partial charge in [0.2, 0.25) is 11.8 Å². The molecular weight excluding hydrogens is 528 g/mol. The highest BCUT2D eigenvalue weighted by atomic mass is 32.1. The van der Waals surface area contributed by atoms with E-state index in [2.05, 4.69) is 27.9 Å². The number of imidazole rings is 1. The average molecular weight is 559 g/mol. The second-order valence-corrected chi connectivity index (χ2v) is 11.4. The fraction of sp³-hybridized carbons (Fsp3) is 0.147. The fourth-order valence-electron chi connectivity index (χ4n) is 5.35. The van der Waals surface area contributed by atoms with Crippen molar-refractivity contribution >= 4 is 49.7 Å². The van der Waals surface area contributed by atoms with Crippen LogP contribution in [0.4, 0.5) is 11.4 Å². The number of nitrogens with one attached hydrogen (secondary N) is 1. The SMILES string of the molecule is CC(=O)N(c1cc(C)cc(C)c1)C(Cc1ccccc1)C(=O)Nc1ccc(-c2cn3c(n2)sc2ccccc23)cc1.